The van der Waals surface area contributed by atoms with Gasteiger partial charge in [-0.25, -0.2) is 5.43 Å². The lowest BCUT2D eigenvalue weighted by atomic mass is 10.0. The number of pyridine rings is 1. The second kappa shape index (κ2) is 8.39. The monoisotopic (exact) mass is 299 g/mol. The molecular formula is C12H17N3O6. The highest BCUT2D eigenvalue weighted by Crippen LogP contribution is 2.03. The third kappa shape index (κ3) is 5.17. The fourth-order valence-electron chi connectivity index (χ4n) is 1.37. The molecule has 0 unspecified atom stereocenters. The molecule has 1 heterocycles. The molecule has 4 atom stereocenters. The highest BCUT2D eigenvalue weighted by Gasteiger charge is 2.29. The topological polar surface area (TPSA) is 156 Å². The third-order valence-electron chi connectivity index (χ3n) is 2.62. The molecule has 1 rings (SSSR count). The fourth-order valence-corrected chi connectivity index (χ4v) is 1.37. The highest BCUT2D eigenvalue weighted by molar-refractivity contribution is 5.94. The zero-order valence-electron chi connectivity index (χ0n) is 10.9. The lowest BCUT2D eigenvalue weighted by Crippen LogP contribution is -2.46. The first-order valence-corrected chi connectivity index (χ1v) is 6.04. The molecule has 0 bridgehead atoms. The van der Waals surface area contributed by atoms with E-state index in [2.05, 4.69) is 15.5 Å². The Morgan fingerprint density at radius 1 is 1.24 bits per heavy atom. The van der Waals surface area contributed by atoms with Crippen LogP contribution in [-0.4, -0.2) is 73.7 Å². The zero-order chi connectivity index (χ0) is 15.8. The van der Waals surface area contributed by atoms with Crippen LogP contribution in [0.25, 0.3) is 0 Å². The van der Waals surface area contributed by atoms with Gasteiger partial charge in [0.25, 0.3) is 5.91 Å². The van der Waals surface area contributed by atoms with Crippen molar-refractivity contribution in [1.82, 2.24) is 10.4 Å². The van der Waals surface area contributed by atoms with Crippen molar-refractivity contribution in [3.8, 4) is 0 Å². The Bertz CT molecular complexity index is 469. The summed E-state index contributed by atoms with van der Waals surface area (Å²) in [6.45, 7) is -0.777. The Balaban J connectivity index is 2.51. The predicted molar refractivity (Wildman–Crippen MR) is 71.3 cm³/mol. The summed E-state index contributed by atoms with van der Waals surface area (Å²) in [5.74, 6) is -0.550. The van der Waals surface area contributed by atoms with Crippen LogP contribution in [0.15, 0.2) is 29.6 Å². The van der Waals surface area contributed by atoms with Crippen LogP contribution in [0.3, 0.4) is 0 Å². The molecule has 0 aliphatic carbocycles. The number of rotatable bonds is 7. The SMILES string of the molecule is O=C(N/N=C\[C@H](O)[C@@H](O)[C@H](O)[C@H](O)CO)c1ccncc1. The van der Waals surface area contributed by atoms with E-state index >= 15 is 0 Å². The minimum atomic E-state index is -1.77. The summed E-state index contributed by atoms with van der Waals surface area (Å²) in [6.07, 6.45) is -3.14. The number of nitrogens with zero attached hydrogens (tertiary/aromatic N) is 2. The summed E-state index contributed by atoms with van der Waals surface area (Å²) in [6, 6.07) is 2.91. The molecule has 116 valence electrons. The van der Waals surface area contributed by atoms with Crippen LogP contribution in [0.2, 0.25) is 0 Å². The summed E-state index contributed by atoms with van der Waals surface area (Å²) in [5.41, 5.74) is 2.40. The number of aromatic nitrogens is 1. The second-order valence-electron chi connectivity index (χ2n) is 4.18. The molecule has 0 spiro atoms. The summed E-state index contributed by atoms with van der Waals surface area (Å²) in [7, 11) is 0. The maximum absolute atomic E-state index is 11.6. The van der Waals surface area contributed by atoms with Gasteiger partial charge < -0.3 is 25.5 Å². The normalized spacial score (nSPS) is 17.2. The average molecular weight is 299 g/mol. The van der Waals surface area contributed by atoms with Crippen molar-refractivity contribution in [2.75, 3.05) is 6.61 Å². The number of carbonyl (C=O) groups excluding carboxylic acids is 1. The van der Waals surface area contributed by atoms with Gasteiger partial charge in [-0.1, -0.05) is 0 Å². The summed E-state index contributed by atoms with van der Waals surface area (Å²) in [5, 5.41) is 49.5. The predicted octanol–water partition coefficient (Wildman–Crippen LogP) is -2.77. The molecule has 0 aromatic carbocycles. The number of hydrogen-bond acceptors (Lipinski definition) is 8. The Morgan fingerprint density at radius 2 is 1.86 bits per heavy atom. The minimum absolute atomic E-state index is 0.299. The number of carbonyl (C=O) groups is 1. The van der Waals surface area contributed by atoms with Gasteiger partial charge in [-0.2, -0.15) is 5.10 Å². The van der Waals surface area contributed by atoms with E-state index in [4.69, 9.17) is 10.2 Å². The smallest absolute Gasteiger partial charge is 0.271 e. The van der Waals surface area contributed by atoms with Crippen LogP contribution in [0.4, 0.5) is 0 Å². The number of amides is 1. The standard InChI is InChI=1S/C12H17N3O6/c16-6-9(18)11(20)10(19)8(17)5-14-15-12(21)7-1-3-13-4-2-7/h1-5,8-11,16-20H,6H2,(H,15,21)/b14-5-/t8-,9+,10+,11+/m0/s1. The van der Waals surface area contributed by atoms with Gasteiger partial charge in [0, 0.05) is 18.0 Å². The van der Waals surface area contributed by atoms with Gasteiger partial charge >= 0.3 is 0 Å². The van der Waals surface area contributed by atoms with E-state index in [0.717, 1.165) is 6.21 Å². The van der Waals surface area contributed by atoms with Crippen LogP contribution in [0.5, 0.6) is 0 Å². The van der Waals surface area contributed by atoms with Gasteiger partial charge in [0.2, 0.25) is 0 Å². The summed E-state index contributed by atoms with van der Waals surface area (Å²) in [4.78, 5) is 15.3. The molecule has 1 aromatic heterocycles. The summed E-state index contributed by atoms with van der Waals surface area (Å²) < 4.78 is 0. The van der Waals surface area contributed by atoms with E-state index in [9.17, 15) is 20.1 Å². The van der Waals surface area contributed by atoms with Crippen LogP contribution >= 0.6 is 0 Å². The highest BCUT2D eigenvalue weighted by atomic mass is 16.4. The van der Waals surface area contributed by atoms with Crippen molar-refractivity contribution in [2.24, 2.45) is 5.10 Å². The molecule has 1 aromatic rings. The first-order chi connectivity index (χ1) is 9.97. The van der Waals surface area contributed by atoms with E-state index in [1.807, 2.05) is 0 Å². The lowest BCUT2D eigenvalue weighted by Gasteiger charge is -2.23. The van der Waals surface area contributed by atoms with Gasteiger partial charge in [0.15, 0.2) is 0 Å². The summed E-state index contributed by atoms with van der Waals surface area (Å²) >= 11 is 0. The van der Waals surface area contributed by atoms with Crippen molar-refractivity contribution >= 4 is 12.1 Å². The Labute approximate surface area is 120 Å². The second-order valence-corrected chi connectivity index (χ2v) is 4.18. The van der Waals surface area contributed by atoms with Crippen molar-refractivity contribution in [3.63, 3.8) is 0 Å². The molecule has 0 saturated heterocycles. The molecule has 0 saturated carbocycles. The number of nitrogens with one attached hydrogen (secondary N) is 1. The molecule has 9 nitrogen and oxygen atoms in total. The first-order valence-electron chi connectivity index (χ1n) is 6.04. The van der Waals surface area contributed by atoms with Crippen molar-refractivity contribution in [2.45, 2.75) is 24.4 Å². The number of hydrazone groups is 1. The maximum Gasteiger partial charge on any atom is 0.271 e. The number of aliphatic hydroxyl groups excluding tert-OH is 5. The first kappa shape index (κ1) is 17.1. The van der Waals surface area contributed by atoms with Crippen molar-refractivity contribution in [3.05, 3.63) is 30.1 Å². The molecule has 0 aliphatic heterocycles. The Morgan fingerprint density at radius 3 is 2.43 bits per heavy atom. The van der Waals surface area contributed by atoms with Gasteiger partial charge in [-0.05, 0) is 12.1 Å². The Kier molecular flexibility index (Phi) is 6.85. The van der Waals surface area contributed by atoms with E-state index < -0.39 is 36.9 Å². The van der Waals surface area contributed by atoms with Gasteiger partial charge in [-0.3, -0.25) is 9.78 Å². The molecular weight excluding hydrogens is 282 g/mol. The zero-order valence-corrected chi connectivity index (χ0v) is 10.9. The molecule has 0 radical (unpaired) electrons. The molecule has 9 heteroatoms. The van der Waals surface area contributed by atoms with Crippen LogP contribution in [0.1, 0.15) is 10.4 Å². The van der Waals surface area contributed by atoms with Crippen LogP contribution < -0.4 is 5.43 Å². The average Bonchev–Trinajstić information content (AvgIpc) is 2.53. The van der Waals surface area contributed by atoms with Crippen LogP contribution in [-0.2, 0) is 0 Å². The minimum Gasteiger partial charge on any atom is -0.394 e. The quantitative estimate of drug-likeness (QED) is 0.235. The lowest BCUT2D eigenvalue weighted by molar-refractivity contribution is -0.0999. The van der Waals surface area contributed by atoms with Crippen molar-refractivity contribution in [1.29, 1.82) is 0 Å². The fraction of sp³-hybridized carbons (Fsp3) is 0.417. The third-order valence-corrected chi connectivity index (χ3v) is 2.62. The number of hydrogen-bond donors (Lipinski definition) is 6. The molecule has 21 heavy (non-hydrogen) atoms. The molecule has 0 aliphatic rings. The number of aliphatic hydroxyl groups is 5. The maximum atomic E-state index is 11.6. The van der Waals surface area contributed by atoms with Crippen LogP contribution in [0, 0.1) is 0 Å². The van der Waals surface area contributed by atoms with Crippen molar-refractivity contribution < 1.29 is 30.3 Å². The van der Waals surface area contributed by atoms with E-state index in [-0.39, 0.29) is 0 Å². The van der Waals surface area contributed by atoms with E-state index in [1.165, 1.54) is 24.5 Å². The largest absolute Gasteiger partial charge is 0.394 e. The van der Waals surface area contributed by atoms with Gasteiger partial charge in [0.1, 0.15) is 24.4 Å². The van der Waals surface area contributed by atoms with Gasteiger partial charge in [-0.15, -0.1) is 0 Å². The molecule has 6 N–H and O–H groups in total. The van der Waals surface area contributed by atoms with E-state index in [0.29, 0.717) is 5.56 Å². The van der Waals surface area contributed by atoms with Gasteiger partial charge in [0.05, 0.1) is 12.8 Å². The Hall–Kier alpha value is -1.91. The van der Waals surface area contributed by atoms with E-state index in [1.54, 1.807) is 0 Å². The molecule has 0 fully saturated rings. The molecule has 1 amide bonds.